The molecule has 0 bridgehead atoms. The van der Waals surface area contributed by atoms with Crippen LogP contribution in [0.3, 0.4) is 0 Å². The number of benzene rings is 2. The predicted molar refractivity (Wildman–Crippen MR) is 113 cm³/mol. The predicted octanol–water partition coefficient (Wildman–Crippen LogP) is 1.44. The minimum Gasteiger partial charge on any atom is -0.326 e. The van der Waals surface area contributed by atoms with E-state index in [0.717, 1.165) is 5.56 Å². The van der Waals surface area contributed by atoms with Gasteiger partial charge in [0.2, 0.25) is 17.4 Å². The van der Waals surface area contributed by atoms with Crippen molar-refractivity contribution >= 4 is 34.9 Å². The molecule has 3 N–H and O–H groups in total. The molecule has 2 saturated heterocycles. The van der Waals surface area contributed by atoms with E-state index >= 15 is 0 Å². The number of imide groups is 1. The summed E-state index contributed by atoms with van der Waals surface area (Å²) >= 11 is 0. The zero-order valence-corrected chi connectivity index (χ0v) is 17.6. The molecule has 0 unspecified atom stereocenters. The van der Waals surface area contributed by atoms with Gasteiger partial charge in [-0.05, 0) is 37.3 Å². The number of rotatable bonds is 3. The molecule has 2 aromatic carbocycles. The first kappa shape index (κ1) is 19.6. The van der Waals surface area contributed by atoms with E-state index in [2.05, 4.69) is 5.32 Å². The molecular weight excluding hydrogens is 394 g/mol. The quantitative estimate of drug-likeness (QED) is 0.582. The van der Waals surface area contributed by atoms with Crippen molar-refractivity contribution in [2.24, 2.45) is 17.8 Å². The molecule has 0 radical (unpaired) electrons. The SMILES string of the molecule is CC(=O)c1ccc(N2C(=O)[C@@H]3[C@@H](C2=O)[C@]2([NH2+][C@H]3C(C)C)C(=O)Nc3ccccc32)cc1. The minimum atomic E-state index is -1.16. The third kappa shape index (κ3) is 2.50. The topological polar surface area (TPSA) is 100 Å². The Morgan fingerprint density at radius 1 is 1.03 bits per heavy atom. The van der Waals surface area contributed by atoms with Gasteiger partial charge in [0.1, 0.15) is 17.9 Å². The number of carbonyl (C=O) groups is 4. The van der Waals surface area contributed by atoms with E-state index in [4.69, 9.17) is 0 Å². The van der Waals surface area contributed by atoms with Crippen molar-refractivity contribution in [3.63, 3.8) is 0 Å². The normalized spacial score (nSPS) is 29.0. The Morgan fingerprint density at radius 3 is 2.35 bits per heavy atom. The number of nitrogens with zero attached hydrogens (tertiary/aromatic N) is 1. The highest BCUT2D eigenvalue weighted by molar-refractivity contribution is 6.25. The maximum absolute atomic E-state index is 13.7. The molecule has 0 aromatic heterocycles. The van der Waals surface area contributed by atoms with Gasteiger partial charge in [0.25, 0.3) is 5.91 Å². The van der Waals surface area contributed by atoms with Crippen molar-refractivity contribution in [1.82, 2.24) is 0 Å². The van der Waals surface area contributed by atoms with Gasteiger partial charge in [-0.15, -0.1) is 0 Å². The average molecular weight is 418 g/mol. The van der Waals surface area contributed by atoms with Gasteiger partial charge in [0, 0.05) is 17.0 Å². The lowest BCUT2D eigenvalue weighted by Crippen LogP contribution is -2.99. The number of fused-ring (bicyclic) bond motifs is 4. The van der Waals surface area contributed by atoms with Crippen LogP contribution < -0.4 is 15.5 Å². The highest BCUT2D eigenvalue weighted by Gasteiger charge is 2.74. The van der Waals surface area contributed by atoms with Crippen LogP contribution in [0.4, 0.5) is 11.4 Å². The molecule has 0 saturated carbocycles. The lowest BCUT2D eigenvalue weighted by molar-refractivity contribution is -0.738. The fourth-order valence-corrected chi connectivity index (χ4v) is 5.55. The smallest absolute Gasteiger partial charge is 0.291 e. The van der Waals surface area contributed by atoms with Crippen LogP contribution >= 0.6 is 0 Å². The van der Waals surface area contributed by atoms with E-state index in [-0.39, 0.29) is 35.5 Å². The highest BCUT2D eigenvalue weighted by atomic mass is 16.2. The van der Waals surface area contributed by atoms with Crippen molar-refractivity contribution in [2.45, 2.75) is 32.4 Å². The number of quaternary nitrogens is 1. The van der Waals surface area contributed by atoms with Crippen LogP contribution in [0, 0.1) is 17.8 Å². The second-order valence-corrected chi connectivity index (χ2v) is 8.98. The molecule has 5 rings (SSSR count). The third-order valence-corrected chi connectivity index (χ3v) is 7.01. The molecule has 0 aliphatic carbocycles. The summed E-state index contributed by atoms with van der Waals surface area (Å²) in [6, 6.07) is 13.7. The Bertz CT molecular complexity index is 1140. The van der Waals surface area contributed by atoms with E-state index in [9.17, 15) is 19.2 Å². The number of nitrogens with one attached hydrogen (secondary N) is 1. The molecule has 4 atom stereocenters. The largest absolute Gasteiger partial charge is 0.326 e. The molecule has 1 spiro atoms. The van der Waals surface area contributed by atoms with Gasteiger partial charge in [0.05, 0.1) is 11.4 Å². The minimum absolute atomic E-state index is 0.0872. The zero-order chi connectivity index (χ0) is 22.1. The molecule has 3 aliphatic rings. The molecule has 7 heteroatoms. The van der Waals surface area contributed by atoms with E-state index < -0.39 is 17.4 Å². The number of nitrogens with two attached hydrogens (primary N) is 1. The van der Waals surface area contributed by atoms with Gasteiger partial charge in [-0.2, -0.15) is 0 Å². The number of hydrogen-bond acceptors (Lipinski definition) is 4. The van der Waals surface area contributed by atoms with Gasteiger partial charge < -0.3 is 10.6 Å². The lowest BCUT2D eigenvalue weighted by atomic mass is 9.76. The summed E-state index contributed by atoms with van der Waals surface area (Å²) in [7, 11) is 0. The van der Waals surface area contributed by atoms with Crippen molar-refractivity contribution in [1.29, 1.82) is 0 Å². The molecule has 2 fully saturated rings. The number of ketones is 1. The number of amides is 3. The molecule has 31 heavy (non-hydrogen) atoms. The second-order valence-electron chi connectivity index (χ2n) is 8.98. The van der Waals surface area contributed by atoms with Crippen LogP contribution in [0.2, 0.25) is 0 Å². The first-order valence-corrected chi connectivity index (χ1v) is 10.5. The Labute approximate surface area is 179 Å². The van der Waals surface area contributed by atoms with E-state index in [1.807, 2.05) is 43.4 Å². The summed E-state index contributed by atoms with van der Waals surface area (Å²) in [5, 5.41) is 4.87. The molecule has 7 nitrogen and oxygen atoms in total. The number of Topliss-reactive ketones (excluding diaryl/α,β-unsaturated/α-hetero) is 1. The number of carbonyl (C=O) groups excluding carboxylic acids is 4. The summed E-state index contributed by atoms with van der Waals surface area (Å²) < 4.78 is 0. The standard InChI is InChI=1S/C24H23N3O4/c1-12(2)20-18-19(24(26-20)16-6-4-5-7-17(16)25-23(24)31)22(30)27(21(18)29)15-10-8-14(9-11-15)13(3)28/h4-12,18-20,26H,1-3H3,(H,25,31)/p+1/t18-,19+,20+,24+/m1/s1. The zero-order valence-electron chi connectivity index (χ0n) is 17.6. The number of para-hydroxylation sites is 1. The van der Waals surface area contributed by atoms with Crippen LogP contribution in [0.25, 0.3) is 0 Å². The summed E-state index contributed by atoms with van der Waals surface area (Å²) in [6.45, 7) is 5.49. The van der Waals surface area contributed by atoms with E-state index in [1.165, 1.54) is 11.8 Å². The van der Waals surface area contributed by atoms with Crippen LogP contribution in [0.1, 0.15) is 36.7 Å². The van der Waals surface area contributed by atoms with Crippen molar-refractivity contribution < 1.29 is 24.5 Å². The number of anilines is 2. The van der Waals surface area contributed by atoms with Crippen LogP contribution in [-0.2, 0) is 19.9 Å². The fourth-order valence-electron chi connectivity index (χ4n) is 5.55. The van der Waals surface area contributed by atoms with Crippen molar-refractivity contribution in [3.8, 4) is 0 Å². The van der Waals surface area contributed by atoms with Gasteiger partial charge in [-0.1, -0.05) is 32.0 Å². The monoisotopic (exact) mass is 418 g/mol. The summed E-state index contributed by atoms with van der Waals surface area (Å²) in [4.78, 5) is 53.5. The Hall–Kier alpha value is -3.32. The van der Waals surface area contributed by atoms with Crippen molar-refractivity contribution in [2.75, 3.05) is 10.2 Å². The maximum Gasteiger partial charge on any atom is 0.291 e. The Morgan fingerprint density at radius 2 is 1.71 bits per heavy atom. The highest BCUT2D eigenvalue weighted by Crippen LogP contribution is 2.50. The summed E-state index contributed by atoms with van der Waals surface area (Å²) in [5.41, 5.74) is 1.23. The van der Waals surface area contributed by atoms with Gasteiger partial charge in [-0.3, -0.25) is 19.2 Å². The lowest BCUT2D eigenvalue weighted by Gasteiger charge is -2.27. The van der Waals surface area contributed by atoms with E-state index in [0.29, 0.717) is 16.9 Å². The Balaban J connectivity index is 1.64. The number of hydrogen-bond donors (Lipinski definition) is 2. The molecule has 3 amide bonds. The molecule has 2 aromatic rings. The summed E-state index contributed by atoms with van der Waals surface area (Å²) in [5.74, 6) is -2.28. The molecular formula is C24H24N3O4+. The Kier molecular flexibility index (Phi) is 4.17. The second kappa shape index (κ2) is 6.59. The van der Waals surface area contributed by atoms with Crippen LogP contribution in [0.15, 0.2) is 48.5 Å². The summed E-state index contributed by atoms with van der Waals surface area (Å²) in [6.07, 6.45) is 0. The molecule has 3 aliphatic heterocycles. The van der Waals surface area contributed by atoms with Crippen LogP contribution in [-0.4, -0.2) is 29.5 Å². The van der Waals surface area contributed by atoms with E-state index in [1.54, 1.807) is 24.3 Å². The van der Waals surface area contributed by atoms with Crippen LogP contribution in [0.5, 0.6) is 0 Å². The van der Waals surface area contributed by atoms with Crippen molar-refractivity contribution in [3.05, 3.63) is 59.7 Å². The maximum atomic E-state index is 13.7. The fraction of sp³-hybridized carbons (Fsp3) is 0.333. The molecule has 3 heterocycles. The molecule has 158 valence electrons. The van der Waals surface area contributed by atoms with Gasteiger partial charge in [0.15, 0.2) is 5.78 Å². The first-order chi connectivity index (χ1) is 14.8. The van der Waals surface area contributed by atoms with Gasteiger partial charge >= 0.3 is 0 Å². The first-order valence-electron chi connectivity index (χ1n) is 10.5. The average Bonchev–Trinajstić information content (AvgIpc) is 3.33. The third-order valence-electron chi connectivity index (χ3n) is 7.01. The van der Waals surface area contributed by atoms with Gasteiger partial charge in [-0.25, -0.2) is 4.90 Å².